The van der Waals surface area contributed by atoms with Crippen molar-refractivity contribution in [1.29, 1.82) is 0 Å². The number of hydrogen-bond donors (Lipinski definition) is 5. The van der Waals surface area contributed by atoms with Crippen LogP contribution in [0.2, 0.25) is 0 Å². The first-order chi connectivity index (χ1) is 6.01. The third kappa shape index (κ3) is 3.21. The molecule has 3 atom stereocenters. The Bertz CT molecular complexity index is 144. The van der Waals surface area contributed by atoms with Crippen LogP contribution in [-0.2, 0) is 0 Å². The van der Waals surface area contributed by atoms with Gasteiger partial charge in [0.2, 0.25) is 0 Å². The standard InChI is InChI=1S/C8H19NO4/c1-6(4-11)7(12)8(13,5-9)2-3-10/h6-7,10-13H,2-5,9H2,1H3. The van der Waals surface area contributed by atoms with Gasteiger partial charge in [-0.25, -0.2) is 0 Å². The lowest BCUT2D eigenvalue weighted by Gasteiger charge is -2.34. The lowest BCUT2D eigenvalue weighted by atomic mass is 9.86. The Morgan fingerprint density at radius 3 is 2.23 bits per heavy atom. The van der Waals surface area contributed by atoms with Crippen LogP contribution in [0.4, 0.5) is 0 Å². The fraction of sp³-hybridized carbons (Fsp3) is 1.00. The molecule has 13 heavy (non-hydrogen) atoms. The summed E-state index contributed by atoms with van der Waals surface area (Å²) in [6, 6.07) is 0. The lowest BCUT2D eigenvalue weighted by molar-refractivity contribution is -0.109. The molecule has 0 bridgehead atoms. The quantitative estimate of drug-likeness (QED) is 0.337. The molecule has 5 heteroatoms. The van der Waals surface area contributed by atoms with Crippen molar-refractivity contribution in [3.05, 3.63) is 0 Å². The summed E-state index contributed by atoms with van der Waals surface area (Å²) in [5.74, 6) is -0.458. The van der Waals surface area contributed by atoms with Gasteiger partial charge < -0.3 is 26.2 Å². The molecule has 0 radical (unpaired) electrons. The zero-order valence-electron chi connectivity index (χ0n) is 7.85. The third-order valence-electron chi connectivity index (χ3n) is 2.28. The van der Waals surface area contributed by atoms with E-state index in [1.54, 1.807) is 6.92 Å². The Labute approximate surface area is 77.8 Å². The molecule has 0 aromatic rings. The Hall–Kier alpha value is -0.200. The van der Waals surface area contributed by atoms with E-state index in [1.807, 2.05) is 0 Å². The van der Waals surface area contributed by atoms with Crippen LogP contribution in [-0.4, -0.2) is 51.9 Å². The van der Waals surface area contributed by atoms with E-state index in [2.05, 4.69) is 0 Å². The van der Waals surface area contributed by atoms with Crippen LogP contribution in [0, 0.1) is 5.92 Å². The highest BCUT2D eigenvalue weighted by Crippen LogP contribution is 2.20. The number of nitrogens with two attached hydrogens (primary N) is 1. The Balaban J connectivity index is 4.35. The number of aliphatic hydroxyl groups is 4. The molecular formula is C8H19NO4. The molecule has 3 unspecified atom stereocenters. The van der Waals surface area contributed by atoms with E-state index in [0.717, 1.165) is 0 Å². The van der Waals surface area contributed by atoms with Gasteiger partial charge in [0.05, 0.1) is 6.10 Å². The van der Waals surface area contributed by atoms with Crippen molar-refractivity contribution in [1.82, 2.24) is 0 Å². The normalized spacial score (nSPS) is 20.8. The van der Waals surface area contributed by atoms with Crippen LogP contribution in [0.5, 0.6) is 0 Å². The summed E-state index contributed by atoms with van der Waals surface area (Å²) in [4.78, 5) is 0. The van der Waals surface area contributed by atoms with E-state index in [1.165, 1.54) is 0 Å². The lowest BCUT2D eigenvalue weighted by Crippen LogP contribution is -2.52. The van der Waals surface area contributed by atoms with Gasteiger partial charge in [0.15, 0.2) is 0 Å². The van der Waals surface area contributed by atoms with E-state index in [9.17, 15) is 10.2 Å². The van der Waals surface area contributed by atoms with Gasteiger partial charge in [0.25, 0.3) is 0 Å². The monoisotopic (exact) mass is 193 g/mol. The molecule has 0 heterocycles. The fourth-order valence-corrected chi connectivity index (χ4v) is 1.19. The molecule has 0 amide bonds. The Kier molecular flexibility index (Phi) is 5.43. The van der Waals surface area contributed by atoms with Gasteiger partial charge >= 0.3 is 0 Å². The Morgan fingerprint density at radius 2 is 1.92 bits per heavy atom. The maximum Gasteiger partial charge on any atom is 0.105 e. The highest BCUT2D eigenvalue weighted by atomic mass is 16.3. The van der Waals surface area contributed by atoms with Crippen molar-refractivity contribution in [2.75, 3.05) is 19.8 Å². The topological polar surface area (TPSA) is 107 Å². The van der Waals surface area contributed by atoms with E-state index in [0.29, 0.717) is 0 Å². The minimum absolute atomic E-state index is 0.00894. The van der Waals surface area contributed by atoms with Gasteiger partial charge in [-0.15, -0.1) is 0 Å². The number of hydrogen-bond acceptors (Lipinski definition) is 5. The first-order valence-corrected chi connectivity index (χ1v) is 4.34. The van der Waals surface area contributed by atoms with Crippen LogP contribution in [0.25, 0.3) is 0 Å². The smallest absolute Gasteiger partial charge is 0.105 e. The van der Waals surface area contributed by atoms with Crippen LogP contribution >= 0.6 is 0 Å². The minimum atomic E-state index is -1.50. The predicted octanol–water partition coefficient (Wildman–Crippen LogP) is -1.95. The van der Waals surface area contributed by atoms with Crippen LogP contribution < -0.4 is 5.73 Å². The molecular weight excluding hydrogens is 174 g/mol. The molecule has 0 rings (SSSR count). The fourth-order valence-electron chi connectivity index (χ4n) is 1.19. The van der Waals surface area contributed by atoms with Crippen LogP contribution in [0.3, 0.4) is 0 Å². The van der Waals surface area contributed by atoms with Gasteiger partial charge in [-0.05, 0) is 0 Å². The van der Waals surface area contributed by atoms with Crippen molar-refractivity contribution < 1.29 is 20.4 Å². The van der Waals surface area contributed by atoms with E-state index >= 15 is 0 Å². The van der Waals surface area contributed by atoms with Crippen molar-refractivity contribution >= 4 is 0 Å². The highest BCUT2D eigenvalue weighted by molar-refractivity contribution is 4.89. The summed E-state index contributed by atoms with van der Waals surface area (Å²) in [5, 5.41) is 36.7. The van der Waals surface area contributed by atoms with Crippen molar-refractivity contribution in [2.45, 2.75) is 25.0 Å². The van der Waals surface area contributed by atoms with Crippen LogP contribution in [0.15, 0.2) is 0 Å². The van der Waals surface area contributed by atoms with Crippen LogP contribution in [0.1, 0.15) is 13.3 Å². The molecule has 0 aromatic carbocycles. The number of rotatable bonds is 6. The summed E-state index contributed by atoms with van der Waals surface area (Å²) in [7, 11) is 0. The average molecular weight is 193 g/mol. The molecule has 0 aliphatic carbocycles. The molecule has 0 spiro atoms. The maximum atomic E-state index is 9.74. The van der Waals surface area contributed by atoms with Gasteiger partial charge in [0, 0.05) is 32.1 Å². The second-order valence-electron chi connectivity index (χ2n) is 3.39. The zero-order chi connectivity index (χ0) is 10.5. The summed E-state index contributed by atoms with van der Waals surface area (Å²) in [5.41, 5.74) is 3.78. The second-order valence-corrected chi connectivity index (χ2v) is 3.39. The molecule has 0 aromatic heterocycles. The molecule has 80 valence electrons. The maximum absolute atomic E-state index is 9.74. The van der Waals surface area contributed by atoms with E-state index < -0.39 is 17.6 Å². The van der Waals surface area contributed by atoms with E-state index in [4.69, 9.17) is 15.9 Å². The molecule has 0 aliphatic rings. The first kappa shape index (κ1) is 12.8. The average Bonchev–Trinajstić information content (AvgIpc) is 2.15. The molecule has 0 aliphatic heterocycles. The summed E-state index contributed by atoms with van der Waals surface area (Å²) < 4.78 is 0. The SMILES string of the molecule is CC(CO)C(O)C(O)(CN)CCO. The third-order valence-corrected chi connectivity index (χ3v) is 2.28. The van der Waals surface area contributed by atoms with Crippen molar-refractivity contribution in [3.8, 4) is 0 Å². The van der Waals surface area contributed by atoms with E-state index in [-0.39, 0.29) is 26.2 Å². The molecule has 0 saturated heterocycles. The summed E-state index contributed by atoms with van der Waals surface area (Å²) in [6.45, 7) is 0.986. The Morgan fingerprint density at radius 1 is 1.38 bits per heavy atom. The summed E-state index contributed by atoms with van der Waals surface area (Å²) >= 11 is 0. The van der Waals surface area contributed by atoms with Crippen molar-refractivity contribution in [3.63, 3.8) is 0 Å². The molecule has 5 nitrogen and oxygen atoms in total. The van der Waals surface area contributed by atoms with Crippen molar-refractivity contribution in [2.24, 2.45) is 11.7 Å². The summed E-state index contributed by atoms with van der Waals surface area (Å²) in [6.07, 6.45) is -1.11. The van der Waals surface area contributed by atoms with Gasteiger partial charge in [-0.3, -0.25) is 0 Å². The molecule has 0 saturated carbocycles. The predicted molar refractivity (Wildman–Crippen MR) is 48.0 cm³/mol. The van der Waals surface area contributed by atoms with Gasteiger partial charge in [-0.2, -0.15) is 0 Å². The number of aliphatic hydroxyl groups excluding tert-OH is 3. The second kappa shape index (κ2) is 5.51. The largest absolute Gasteiger partial charge is 0.396 e. The first-order valence-electron chi connectivity index (χ1n) is 4.34. The zero-order valence-corrected chi connectivity index (χ0v) is 7.85. The van der Waals surface area contributed by atoms with Gasteiger partial charge in [-0.1, -0.05) is 6.92 Å². The highest BCUT2D eigenvalue weighted by Gasteiger charge is 2.36. The molecule has 0 fully saturated rings. The van der Waals surface area contributed by atoms with Gasteiger partial charge in [0.1, 0.15) is 5.60 Å². The minimum Gasteiger partial charge on any atom is -0.396 e. The molecule has 6 N–H and O–H groups in total.